The number of hydrogen-bond acceptors (Lipinski definition) is 5. The van der Waals surface area contributed by atoms with Crippen molar-refractivity contribution in [2.75, 3.05) is 4.90 Å². The number of hydrogen-bond donors (Lipinski definition) is 1. The summed E-state index contributed by atoms with van der Waals surface area (Å²) in [4.78, 5) is 37.6. The van der Waals surface area contributed by atoms with Gasteiger partial charge >= 0.3 is 5.97 Å². The molecular formula is C34H30FN3O4. The maximum Gasteiger partial charge on any atom is 0.303 e. The second-order valence-corrected chi connectivity index (χ2v) is 10.7. The number of allylic oxidation sites excluding steroid dienone is 2. The Morgan fingerprint density at radius 1 is 0.976 bits per heavy atom. The van der Waals surface area contributed by atoms with E-state index in [0.29, 0.717) is 37.2 Å². The Hall–Kier alpha value is -4.85. The van der Waals surface area contributed by atoms with Crippen molar-refractivity contribution < 1.29 is 23.9 Å². The number of amides is 1. The number of carboxylic acids is 1. The largest absolute Gasteiger partial charge is 0.481 e. The van der Waals surface area contributed by atoms with Crippen LogP contribution in [0.25, 0.3) is 0 Å². The Labute approximate surface area is 243 Å². The van der Waals surface area contributed by atoms with Gasteiger partial charge in [0.2, 0.25) is 5.91 Å². The maximum atomic E-state index is 13.8. The van der Waals surface area contributed by atoms with Crippen LogP contribution in [0.15, 0.2) is 119 Å². The Morgan fingerprint density at radius 2 is 1.64 bits per heavy atom. The zero-order valence-corrected chi connectivity index (χ0v) is 22.9. The molecule has 0 fully saturated rings. The number of aliphatic carboxylic acids is 1. The van der Waals surface area contributed by atoms with Gasteiger partial charge in [0.05, 0.1) is 23.4 Å². The molecule has 1 amide bonds. The summed E-state index contributed by atoms with van der Waals surface area (Å²) in [6.45, 7) is 0. The van der Waals surface area contributed by atoms with Crippen LogP contribution in [0.5, 0.6) is 0 Å². The lowest BCUT2D eigenvalue weighted by atomic mass is 9.80. The molecule has 7 nitrogen and oxygen atoms in total. The van der Waals surface area contributed by atoms with Gasteiger partial charge in [-0.25, -0.2) is 4.39 Å². The Bertz CT molecular complexity index is 1560. The molecule has 2 atom stereocenters. The number of carbonyl (C=O) groups is 2. The molecule has 1 aliphatic carbocycles. The third kappa shape index (κ3) is 5.28. The Morgan fingerprint density at radius 3 is 2.29 bits per heavy atom. The fraction of sp³-hybridized carbons (Fsp3) is 0.235. The average molecular weight is 564 g/mol. The first kappa shape index (κ1) is 27.3. The van der Waals surface area contributed by atoms with Crippen LogP contribution < -0.4 is 4.90 Å². The van der Waals surface area contributed by atoms with E-state index >= 15 is 0 Å². The average Bonchev–Trinajstić information content (AvgIpc) is 3.48. The van der Waals surface area contributed by atoms with E-state index in [1.54, 1.807) is 12.1 Å². The molecule has 1 N–H and O–H groups in total. The number of benzene rings is 3. The van der Waals surface area contributed by atoms with Gasteiger partial charge in [-0.3, -0.25) is 19.5 Å². The number of carboxylic acid groups (broad SMARTS) is 1. The van der Waals surface area contributed by atoms with Crippen LogP contribution in [-0.2, 0) is 20.0 Å². The zero-order chi connectivity index (χ0) is 29.1. The van der Waals surface area contributed by atoms with Crippen molar-refractivity contribution in [2.24, 2.45) is 16.1 Å². The predicted molar refractivity (Wildman–Crippen MR) is 159 cm³/mol. The van der Waals surface area contributed by atoms with E-state index in [9.17, 15) is 14.0 Å². The highest BCUT2D eigenvalue weighted by atomic mass is 19.1. The molecule has 0 aromatic heterocycles. The number of aliphatic imine (C=N–C) groups is 1. The Kier molecular flexibility index (Phi) is 7.52. The number of amidine groups is 1. The summed E-state index contributed by atoms with van der Waals surface area (Å²) >= 11 is 0. The van der Waals surface area contributed by atoms with Gasteiger partial charge in [0.25, 0.3) is 0 Å². The van der Waals surface area contributed by atoms with Gasteiger partial charge in [0, 0.05) is 30.4 Å². The second kappa shape index (κ2) is 11.6. The number of nitrogens with zero attached hydrogens (tertiary/aromatic N) is 3. The number of halogens is 1. The first-order chi connectivity index (χ1) is 20.4. The topological polar surface area (TPSA) is 91.6 Å². The lowest BCUT2D eigenvalue weighted by molar-refractivity contribution is -0.137. The van der Waals surface area contributed by atoms with Gasteiger partial charge in [-0.05, 0) is 48.8 Å². The SMILES string of the molecule is O=C(O)CCCCC1=NC2C=C(C3=NOC(c4ccccc4)(c4ccccc4)C3)C=CC2C(=O)N1c1ccc(F)cc1. The molecule has 0 radical (unpaired) electrons. The quantitative estimate of drug-likeness (QED) is 0.304. The molecule has 212 valence electrons. The van der Waals surface area contributed by atoms with Crippen LogP contribution in [0, 0.1) is 11.7 Å². The minimum atomic E-state index is -0.862. The normalized spacial score (nSPS) is 20.7. The number of carbonyl (C=O) groups excluding carboxylic acids is 1. The van der Waals surface area contributed by atoms with Crippen molar-refractivity contribution in [1.29, 1.82) is 0 Å². The number of unbranched alkanes of at least 4 members (excludes halogenated alkanes) is 1. The third-order valence-corrected chi connectivity index (χ3v) is 7.93. The highest BCUT2D eigenvalue weighted by Crippen LogP contribution is 2.43. The van der Waals surface area contributed by atoms with Crippen molar-refractivity contribution in [3.8, 4) is 0 Å². The molecule has 3 aliphatic rings. The van der Waals surface area contributed by atoms with Crippen molar-refractivity contribution in [1.82, 2.24) is 0 Å². The van der Waals surface area contributed by atoms with Crippen molar-refractivity contribution >= 4 is 29.1 Å². The van der Waals surface area contributed by atoms with Crippen LogP contribution in [0.1, 0.15) is 43.2 Å². The molecule has 6 rings (SSSR count). The highest BCUT2D eigenvalue weighted by molar-refractivity contribution is 6.20. The molecular weight excluding hydrogens is 533 g/mol. The fourth-order valence-corrected chi connectivity index (χ4v) is 5.79. The van der Waals surface area contributed by atoms with E-state index in [1.165, 1.54) is 17.0 Å². The van der Waals surface area contributed by atoms with Gasteiger partial charge in [-0.1, -0.05) is 78.0 Å². The van der Waals surface area contributed by atoms with Gasteiger partial charge in [0.1, 0.15) is 11.7 Å². The van der Waals surface area contributed by atoms with E-state index < -0.39 is 29.3 Å². The van der Waals surface area contributed by atoms with E-state index in [4.69, 9.17) is 14.9 Å². The van der Waals surface area contributed by atoms with Crippen LogP contribution >= 0.6 is 0 Å². The van der Waals surface area contributed by atoms with Crippen LogP contribution in [0.3, 0.4) is 0 Å². The summed E-state index contributed by atoms with van der Waals surface area (Å²) in [5, 5.41) is 13.6. The lowest BCUT2D eigenvalue weighted by Crippen LogP contribution is -2.49. The molecule has 0 saturated carbocycles. The third-order valence-electron chi connectivity index (χ3n) is 7.93. The summed E-state index contributed by atoms with van der Waals surface area (Å²) < 4.78 is 13.7. The van der Waals surface area contributed by atoms with E-state index in [-0.39, 0.29) is 12.3 Å². The standard InChI is InChI=1S/C34H30FN3O4/c35-26-16-18-27(19-17-26)38-31(13-7-8-14-32(39)40)36-29-21-23(15-20-28(29)33(38)41)30-22-34(42-37-30,24-9-3-1-4-10-24)25-11-5-2-6-12-25/h1-6,9-12,15-21,28-29H,7-8,13-14,22H2,(H,39,40). The van der Waals surface area contributed by atoms with Gasteiger partial charge in [-0.15, -0.1) is 0 Å². The molecule has 0 saturated heterocycles. The van der Waals surface area contributed by atoms with E-state index in [2.05, 4.69) is 5.16 Å². The van der Waals surface area contributed by atoms with Crippen LogP contribution in [0.4, 0.5) is 10.1 Å². The monoisotopic (exact) mass is 563 g/mol. The van der Waals surface area contributed by atoms with Gasteiger partial charge in [0.15, 0.2) is 5.60 Å². The molecule has 2 unspecified atom stereocenters. The summed E-state index contributed by atoms with van der Waals surface area (Å²) in [5.74, 6) is -1.41. The van der Waals surface area contributed by atoms with Crippen molar-refractivity contribution in [3.63, 3.8) is 0 Å². The molecule has 3 aromatic carbocycles. The first-order valence-electron chi connectivity index (χ1n) is 14.1. The molecule has 3 aromatic rings. The van der Waals surface area contributed by atoms with Gasteiger partial charge in [-0.2, -0.15) is 0 Å². The molecule has 8 heteroatoms. The molecule has 2 aliphatic heterocycles. The number of rotatable bonds is 9. The number of oxime groups is 1. The fourth-order valence-electron chi connectivity index (χ4n) is 5.79. The summed E-state index contributed by atoms with van der Waals surface area (Å²) in [6.07, 6.45) is 7.72. The first-order valence-corrected chi connectivity index (χ1v) is 14.1. The molecule has 42 heavy (non-hydrogen) atoms. The van der Waals surface area contributed by atoms with E-state index in [0.717, 1.165) is 22.4 Å². The minimum absolute atomic E-state index is 0.0427. The summed E-state index contributed by atoms with van der Waals surface area (Å²) in [7, 11) is 0. The maximum absolute atomic E-state index is 13.8. The van der Waals surface area contributed by atoms with Crippen molar-refractivity contribution in [2.45, 2.75) is 43.7 Å². The zero-order valence-electron chi connectivity index (χ0n) is 22.9. The lowest BCUT2D eigenvalue weighted by Gasteiger charge is -2.36. The minimum Gasteiger partial charge on any atom is -0.481 e. The van der Waals surface area contributed by atoms with Crippen molar-refractivity contribution in [3.05, 3.63) is 126 Å². The molecule has 0 bridgehead atoms. The van der Waals surface area contributed by atoms with Gasteiger partial charge < -0.3 is 9.94 Å². The van der Waals surface area contributed by atoms with E-state index in [1.807, 2.05) is 78.9 Å². The predicted octanol–water partition coefficient (Wildman–Crippen LogP) is 6.42. The highest BCUT2D eigenvalue weighted by Gasteiger charge is 2.45. The molecule has 0 spiro atoms. The summed E-state index contributed by atoms with van der Waals surface area (Å²) in [5.41, 5.74) is 3.37. The smallest absolute Gasteiger partial charge is 0.303 e. The Balaban J connectivity index is 1.31. The van der Waals surface area contributed by atoms with Crippen LogP contribution in [-0.4, -0.2) is 34.6 Å². The summed E-state index contributed by atoms with van der Waals surface area (Å²) in [6, 6.07) is 25.3. The number of fused-ring (bicyclic) bond motifs is 1. The van der Waals surface area contributed by atoms with Crippen LogP contribution in [0.2, 0.25) is 0 Å². The number of anilines is 1. The molecule has 2 heterocycles. The second-order valence-electron chi connectivity index (χ2n) is 10.7.